The van der Waals surface area contributed by atoms with Crippen LogP contribution in [0.5, 0.6) is 0 Å². The van der Waals surface area contributed by atoms with E-state index in [0.29, 0.717) is 16.2 Å². The van der Waals surface area contributed by atoms with Crippen LogP contribution < -0.4 is 5.69 Å². The van der Waals surface area contributed by atoms with Crippen molar-refractivity contribution in [1.29, 1.82) is 0 Å². The number of aliphatic hydroxyl groups excluding tert-OH is 1. The lowest BCUT2D eigenvalue weighted by atomic mass is 10.4. The van der Waals surface area contributed by atoms with E-state index in [4.69, 9.17) is 16.7 Å². The molecular formula is C8H8ClN3O2. The zero-order valence-corrected chi connectivity index (χ0v) is 7.95. The molecule has 0 atom stereocenters. The van der Waals surface area contributed by atoms with Crippen molar-refractivity contribution in [2.45, 2.75) is 6.54 Å². The van der Waals surface area contributed by atoms with Crippen LogP contribution in [0.1, 0.15) is 0 Å². The molecule has 0 radical (unpaired) electrons. The average molecular weight is 214 g/mol. The predicted octanol–water partition coefficient (Wildman–Crippen LogP) is 0.370. The van der Waals surface area contributed by atoms with E-state index in [1.165, 1.54) is 10.8 Å². The molecule has 2 aromatic heterocycles. The number of aromatic nitrogens is 3. The number of rotatable bonds is 2. The fourth-order valence-electron chi connectivity index (χ4n) is 1.33. The van der Waals surface area contributed by atoms with Crippen LogP contribution in [0.15, 0.2) is 17.1 Å². The van der Waals surface area contributed by atoms with Gasteiger partial charge < -0.3 is 5.11 Å². The molecule has 2 heterocycles. The van der Waals surface area contributed by atoms with Gasteiger partial charge in [-0.3, -0.25) is 9.55 Å². The second kappa shape index (κ2) is 3.43. The van der Waals surface area contributed by atoms with Crippen molar-refractivity contribution in [2.24, 2.45) is 0 Å². The highest BCUT2D eigenvalue weighted by atomic mass is 35.5. The SMILES string of the molecule is O=c1[nH]c2ncc(Cl)cc2n1CCO. The second-order valence-electron chi connectivity index (χ2n) is 2.83. The summed E-state index contributed by atoms with van der Waals surface area (Å²) in [6.45, 7) is 0.139. The van der Waals surface area contributed by atoms with Gasteiger partial charge in [-0.2, -0.15) is 0 Å². The zero-order chi connectivity index (χ0) is 10.1. The summed E-state index contributed by atoms with van der Waals surface area (Å²) >= 11 is 5.75. The van der Waals surface area contributed by atoms with Crippen molar-refractivity contribution in [3.05, 3.63) is 27.8 Å². The van der Waals surface area contributed by atoms with E-state index in [9.17, 15) is 4.79 Å². The molecule has 2 aromatic rings. The fourth-order valence-corrected chi connectivity index (χ4v) is 1.48. The maximum atomic E-state index is 11.4. The Bertz CT molecular complexity index is 517. The van der Waals surface area contributed by atoms with Gasteiger partial charge in [0.25, 0.3) is 0 Å². The van der Waals surface area contributed by atoms with Crippen LogP contribution >= 0.6 is 11.6 Å². The van der Waals surface area contributed by atoms with Crippen molar-refractivity contribution in [3.8, 4) is 0 Å². The smallest absolute Gasteiger partial charge is 0.327 e. The van der Waals surface area contributed by atoms with Gasteiger partial charge in [-0.05, 0) is 6.07 Å². The van der Waals surface area contributed by atoms with E-state index in [-0.39, 0.29) is 18.8 Å². The molecule has 0 aromatic carbocycles. The Morgan fingerprint density at radius 2 is 2.43 bits per heavy atom. The van der Waals surface area contributed by atoms with Gasteiger partial charge in [-0.15, -0.1) is 0 Å². The first-order valence-corrected chi connectivity index (χ1v) is 4.45. The lowest BCUT2D eigenvalue weighted by molar-refractivity contribution is 0.276. The summed E-state index contributed by atoms with van der Waals surface area (Å²) in [5.74, 6) is 0. The van der Waals surface area contributed by atoms with Gasteiger partial charge >= 0.3 is 5.69 Å². The molecular weight excluding hydrogens is 206 g/mol. The summed E-state index contributed by atoms with van der Waals surface area (Å²) < 4.78 is 1.40. The largest absolute Gasteiger partial charge is 0.395 e. The number of hydrogen-bond acceptors (Lipinski definition) is 3. The quantitative estimate of drug-likeness (QED) is 0.757. The third-order valence-electron chi connectivity index (χ3n) is 1.92. The number of hydrogen-bond donors (Lipinski definition) is 2. The lowest BCUT2D eigenvalue weighted by Crippen LogP contribution is -2.18. The number of nitrogens with one attached hydrogen (secondary N) is 1. The van der Waals surface area contributed by atoms with Crippen molar-refractivity contribution >= 4 is 22.8 Å². The Morgan fingerprint density at radius 1 is 1.64 bits per heavy atom. The molecule has 2 rings (SSSR count). The van der Waals surface area contributed by atoms with Gasteiger partial charge in [-0.1, -0.05) is 11.6 Å². The summed E-state index contributed by atoms with van der Waals surface area (Å²) in [6.07, 6.45) is 1.46. The molecule has 74 valence electrons. The van der Waals surface area contributed by atoms with Gasteiger partial charge in [0.15, 0.2) is 5.65 Å². The highest BCUT2D eigenvalue weighted by molar-refractivity contribution is 6.31. The van der Waals surface area contributed by atoms with E-state index in [1.807, 2.05) is 0 Å². The molecule has 0 amide bonds. The van der Waals surface area contributed by atoms with Crippen LogP contribution in [0.4, 0.5) is 0 Å². The van der Waals surface area contributed by atoms with Gasteiger partial charge in [0.05, 0.1) is 23.7 Å². The number of nitrogens with zero attached hydrogens (tertiary/aromatic N) is 2. The minimum absolute atomic E-state index is 0.0978. The molecule has 6 heteroatoms. The third-order valence-corrected chi connectivity index (χ3v) is 2.13. The van der Waals surface area contributed by atoms with Crippen molar-refractivity contribution in [1.82, 2.24) is 14.5 Å². The number of imidazole rings is 1. The Labute approximate surface area is 84.0 Å². The summed E-state index contributed by atoms with van der Waals surface area (Å²) in [5, 5.41) is 9.23. The lowest BCUT2D eigenvalue weighted by Gasteiger charge is -1.98. The number of aliphatic hydroxyl groups is 1. The number of pyridine rings is 1. The molecule has 0 aliphatic heterocycles. The molecule has 0 saturated heterocycles. The first-order valence-electron chi connectivity index (χ1n) is 4.07. The van der Waals surface area contributed by atoms with Crippen LogP contribution in [0, 0.1) is 0 Å². The second-order valence-corrected chi connectivity index (χ2v) is 3.26. The number of halogens is 1. The molecule has 0 spiro atoms. The third kappa shape index (κ3) is 1.40. The van der Waals surface area contributed by atoms with Gasteiger partial charge in [0, 0.05) is 6.20 Å². The molecule has 0 bridgehead atoms. The Hall–Kier alpha value is -1.33. The monoisotopic (exact) mass is 213 g/mol. The summed E-state index contributed by atoms with van der Waals surface area (Å²) in [7, 11) is 0. The van der Waals surface area contributed by atoms with Crippen LogP contribution in [-0.2, 0) is 6.54 Å². The average Bonchev–Trinajstić information content (AvgIpc) is 2.45. The van der Waals surface area contributed by atoms with Gasteiger partial charge in [0.2, 0.25) is 0 Å². The molecule has 5 nitrogen and oxygen atoms in total. The van der Waals surface area contributed by atoms with E-state index in [1.54, 1.807) is 6.07 Å². The first kappa shape index (κ1) is 9.23. The van der Waals surface area contributed by atoms with E-state index < -0.39 is 0 Å². The van der Waals surface area contributed by atoms with E-state index in [0.717, 1.165) is 0 Å². The summed E-state index contributed by atoms with van der Waals surface area (Å²) in [4.78, 5) is 17.9. The summed E-state index contributed by atoms with van der Waals surface area (Å²) in [6, 6.07) is 1.64. The molecule has 0 aliphatic rings. The van der Waals surface area contributed by atoms with Crippen molar-refractivity contribution in [3.63, 3.8) is 0 Å². The number of aromatic amines is 1. The van der Waals surface area contributed by atoms with Crippen molar-refractivity contribution in [2.75, 3.05) is 6.61 Å². The predicted molar refractivity (Wildman–Crippen MR) is 52.4 cm³/mol. The summed E-state index contributed by atoms with van der Waals surface area (Å²) in [5.41, 5.74) is 0.799. The number of H-pyrrole nitrogens is 1. The van der Waals surface area contributed by atoms with Crippen LogP contribution in [0.3, 0.4) is 0 Å². The molecule has 0 saturated carbocycles. The molecule has 14 heavy (non-hydrogen) atoms. The fraction of sp³-hybridized carbons (Fsp3) is 0.250. The maximum absolute atomic E-state index is 11.4. The minimum atomic E-state index is -0.288. The highest BCUT2D eigenvalue weighted by Crippen LogP contribution is 2.13. The molecule has 0 unspecified atom stereocenters. The van der Waals surface area contributed by atoms with Gasteiger partial charge in [-0.25, -0.2) is 9.78 Å². The zero-order valence-electron chi connectivity index (χ0n) is 7.20. The van der Waals surface area contributed by atoms with Crippen LogP contribution in [0.2, 0.25) is 5.02 Å². The Kier molecular flexibility index (Phi) is 2.26. The highest BCUT2D eigenvalue weighted by Gasteiger charge is 2.06. The van der Waals surface area contributed by atoms with E-state index >= 15 is 0 Å². The normalized spacial score (nSPS) is 11.0. The maximum Gasteiger partial charge on any atom is 0.327 e. The van der Waals surface area contributed by atoms with E-state index in [2.05, 4.69) is 9.97 Å². The Balaban J connectivity index is 2.73. The van der Waals surface area contributed by atoms with Crippen LogP contribution in [0.25, 0.3) is 11.2 Å². The topological polar surface area (TPSA) is 70.9 Å². The van der Waals surface area contributed by atoms with Crippen LogP contribution in [-0.4, -0.2) is 26.2 Å². The minimum Gasteiger partial charge on any atom is -0.395 e. The molecule has 2 N–H and O–H groups in total. The molecule has 0 fully saturated rings. The molecule has 0 aliphatic carbocycles. The number of fused-ring (bicyclic) bond motifs is 1. The van der Waals surface area contributed by atoms with Crippen molar-refractivity contribution < 1.29 is 5.11 Å². The van der Waals surface area contributed by atoms with Gasteiger partial charge in [0.1, 0.15) is 0 Å². The standard InChI is InChI=1S/C8H8ClN3O2/c9-5-3-6-7(10-4-5)11-8(14)12(6)1-2-13/h3-4,13H,1-2H2,(H,10,11,14). The first-order chi connectivity index (χ1) is 6.72. The Morgan fingerprint density at radius 3 is 3.14 bits per heavy atom.